The van der Waals surface area contributed by atoms with Crippen molar-refractivity contribution in [2.45, 2.75) is 45.6 Å². The SMILES string of the molecule is Cc1cc(C(=O)N2CCCC(C)C2)nc(NCC2CCCO2)n1. The molecule has 3 rings (SSSR count). The van der Waals surface area contributed by atoms with Gasteiger partial charge in [0.2, 0.25) is 5.95 Å². The highest BCUT2D eigenvalue weighted by atomic mass is 16.5. The van der Waals surface area contributed by atoms with Crippen molar-refractivity contribution >= 4 is 11.9 Å². The summed E-state index contributed by atoms with van der Waals surface area (Å²) in [6.07, 6.45) is 4.66. The van der Waals surface area contributed by atoms with Gasteiger partial charge in [0.1, 0.15) is 5.69 Å². The van der Waals surface area contributed by atoms with Gasteiger partial charge in [-0.2, -0.15) is 0 Å². The van der Waals surface area contributed by atoms with Crippen molar-refractivity contribution in [2.75, 3.05) is 31.6 Å². The Labute approximate surface area is 137 Å². The smallest absolute Gasteiger partial charge is 0.272 e. The third-order valence-corrected chi connectivity index (χ3v) is 4.53. The Morgan fingerprint density at radius 3 is 3.00 bits per heavy atom. The lowest BCUT2D eigenvalue weighted by molar-refractivity contribution is 0.0677. The van der Waals surface area contributed by atoms with Gasteiger partial charge in [-0.1, -0.05) is 6.92 Å². The average molecular weight is 318 g/mol. The molecule has 2 atom stereocenters. The van der Waals surface area contributed by atoms with Crippen molar-refractivity contribution in [1.82, 2.24) is 14.9 Å². The zero-order chi connectivity index (χ0) is 16.2. The molecule has 2 fully saturated rings. The second kappa shape index (κ2) is 7.25. The third-order valence-electron chi connectivity index (χ3n) is 4.53. The van der Waals surface area contributed by atoms with Crippen LogP contribution in [0.1, 0.15) is 48.8 Å². The van der Waals surface area contributed by atoms with Crippen LogP contribution in [0.3, 0.4) is 0 Å². The van der Waals surface area contributed by atoms with Crippen LogP contribution < -0.4 is 5.32 Å². The van der Waals surface area contributed by atoms with Crippen LogP contribution in [0.15, 0.2) is 6.07 Å². The maximum absolute atomic E-state index is 12.7. The van der Waals surface area contributed by atoms with E-state index in [1.54, 1.807) is 6.07 Å². The number of piperidine rings is 1. The predicted molar refractivity (Wildman–Crippen MR) is 88.5 cm³/mol. The summed E-state index contributed by atoms with van der Waals surface area (Å²) in [4.78, 5) is 23.4. The number of nitrogens with zero attached hydrogens (tertiary/aromatic N) is 3. The van der Waals surface area contributed by atoms with Crippen LogP contribution in [0.4, 0.5) is 5.95 Å². The van der Waals surface area contributed by atoms with E-state index < -0.39 is 0 Å². The molecular formula is C17H26N4O2. The minimum absolute atomic E-state index is 0.0159. The second-order valence-corrected chi connectivity index (χ2v) is 6.73. The van der Waals surface area contributed by atoms with Gasteiger partial charge in [-0.05, 0) is 44.6 Å². The van der Waals surface area contributed by atoms with Crippen LogP contribution in [0.2, 0.25) is 0 Å². The third kappa shape index (κ3) is 4.19. The van der Waals surface area contributed by atoms with Crippen molar-refractivity contribution < 1.29 is 9.53 Å². The highest BCUT2D eigenvalue weighted by molar-refractivity contribution is 5.92. The summed E-state index contributed by atoms with van der Waals surface area (Å²) in [7, 11) is 0. The molecule has 2 aliphatic heterocycles. The van der Waals surface area contributed by atoms with Crippen LogP contribution >= 0.6 is 0 Å². The number of rotatable bonds is 4. The quantitative estimate of drug-likeness (QED) is 0.922. The lowest BCUT2D eigenvalue weighted by Gasteiger charge is -2.30. The Morgan fingerprint density at radius 1 is 1.39 bits per heavy atom. The molecule has 0 aliphatic carbocycles. The number of ether oxygens (including phenoxy) is 1. The van der Waals surface area contributed by atoms with E-state index in [2.05, 4.69) is 22.2 Å². The zero-order valence-corrected chi connectivity index (χ0v) is 14.0. The molecule has 1 N–H and O–H groups in total. The Balaban J connectivity index is 1.67. The summed E-state index contributed by atoms with van der Waals surface area (Å²) in [5, 5.41) is 3.22. The first-order chi connectivity index (χ1) is 11.1. The van der Waals surface area contributed by atoms with Crippen LogP contribution in [0.25, 0.3) is 0 Å². The second-order valence-electron chi connectivity index (χ2n) is 6.73. The number of anilines is 1. The molecule has 2 aliphatic rings. The van der Waals surface area contributed by atoms with E-state index in [0.717, 1.165) is 44.7 Å². The summed E-state index contributed by atoms with van der Waals surface area (Å²) in [6, 6.07) is 1.78. The van der Waals surface area contributed by atoms with E-state index in [1.807, 2.05) is 11.8 Å². The van der Waals surface area contributed by atoms with Crippen molar-refractivity contribution in [3.05, 3.63) is 17.5 Å². The fourth-order valence-corrected chi connectivity index (χ4v) is 3.30. The Morgan fingerprint density at radius 2 is 2.26 bits per heavy atom. The van der Waals surface area contributed by atoms with Crippen LogP contribution in [0.5, 0.6) is 0 Å². The van der Waals surface area contributed by atoms with Crippen molar-refractivity contribution in [2.24, 2.45) is 5.92 Å². The lowest BCUT2D eigenvalue weighted by Crippen LogP contribution is -2.39. The zero-order valence-electron chi connectivity index (χ0n) is 14.0. The summed E-state index contributed by atoms with van der Waals surface area (Å²) in [6.45, 7) is 7.26. The van der Waals surface area contributed by atoms with Crippen molar-refractivity contribution in [1.29, 1.82) is 0 Å². The molecule has 2 unspecified atom stereocenters. The Hall–Kier alpha value is -1.69. The number of aromatic nitrogens is 2. The number of carbonyl (C=O) groups excluding carboxylic acids is 1. The largest absolute Gasteiger partial charge is 0.376 e. The normalized spacial score (nSPS) is 24.7. The molecular weight excluding hydrogens is 292 g/mol. The standard InChI is InChI=1S/C17H26N4O2/c1-12-5-3-7-21(11-12)16(22)15-9-13(2)19-17(20-15)18-10-14-6-4-8-23-14/h9,12,14H,3-8,10-11H2,1-2H3,(H,18,19,20). The Kier molecular flexibility index (Phi) is 5.10. The molecule has 0 aromatic carbocycles. The Bertz CT molecular complexity index is 558. The lowest BCUT2D eigenvalue weighted by atomic mass is 10.00. The predicted octanol–water partition coefficient (Wildman–Crippen LogP) is 2.25. The summed E-state index contributed by atoms with van der Waals surface area (Å²) < 4.78 is 5.60. The molecule has 0 spiro atoms. The van der Waals surface area contributed by atoms with Crippen molar-refractivity contribution in [3.8, 4) is 0 Å². The average Bonchev–Trinajstić information content (AvgIpc) is 3.05. The number of nitrogens with one attached hydrogen (secondary N) is 1. The van der Waals surface area contributed by atoms with Crippen LogP contribution in [-0.2, 0) is 4.74 Å². The van der Waals surface area contributed by atoms with Gasteiger partial charge < -0.3 is 15.0 Å². The molecule has 0 radical (unpaired) electrons. The molecule has 2 saturated heterocycles. The number of carbonyl (C=O) groups is 1. The number of amides is 1. The van der Waals surface area contributed by atoms with E-state index >= 15 is 0 Å². The maximum Gasteiger partial charge on any atom is 0.272 e. The monoisotopic (exact) mass is 318 g/mol. The topological polar surface area (TPSA) is 67.4 Å². The minimum Gasteiger partial charge on any atom is -0.376 e. The first-order valence-electron chi connectivity index (χ1n) is 8.62. The summed E-state index contributed by atoms with van der Waals surface area (Å²) in [5.41, 5.74) is 1.30. The fourth-order valence-electron chi connectivity index (χ4n) is 3.30. The maximum atomic E-state index is 12.7. The molecule has 126 valence electrons. The summed E-state index contributed by atoms with van der Waals surface area (Å²) in [5.74, 6) is 1.10. The number of aryl methyl sites for hydroxylation is 1. The van der Waals surface area contributed by atoms with Crippen molar-refractivity contribution in [3.63, 3.8) is 0 Å². The highest BCUT2D eigenvalue weighted by Gasteiger charge is 2.24. The van der Waals surface area contributed by atoms with E-state index in [4.69, 9.17) is 4.74 Å². The summed E-state index contributed by atoms with van der Waals surface area (Å²) >= 11 is 0. The van der Waals surface area contributed by atoms with Gasteiger partial charge >= 0.3 is 0 Å². The number of hydrogen-bond acceptors (Lipinski definition) is 5. The molecule has 6 nitrogen and oxygen atoms in total. The minimum atomic E-state index is 0.0159. The van der Waals surface area contributed by atoms with E-state index in [0.29, 0.717) is 24.1 Å². The molecule has 1 aromatic heterocycles. The van der Waals surface area contributed by atoms with Gasteiger partial charge in [-0.25, -0.2) is 9.97 Å². The van der Waals surface area contributed by atoms with E-state index in [1.165, 1.54) is 6.42 Å². The molecule has 1 amide bonds. The van der Waals surface area contributed by atoms with E-state index in [9.17, 15) is 4.79 Å². The van der Waals surface area contributed by atoms with Gasteiger partial charge in [-0.3, -0.25) is 4.79 Å². The van der Waals surface area contributed by atoms with Gasteiger partial charge in [0.05, 0.1) is 6.10 Å². The van der Waals surface area contributed by atoms with Crippen LogP contribution in [-0.4, -0.2) is 53.1 Å². The molecule has 3 heterocycles. The molecule has 23 heavy (non-hydrogen) atoms. The van der Waals surface area contributed by atoms with Gasteiger partial charge in [-0.15, -0.1) is 0 Å². The number of hydrogen-bond donors (Lipinski definition) is 1. The molecule has 6 heteroatoms. The highest BCUT2D eigenvalue weighted by Crippen LogP contribution is 2.18. The van der Waals surface area contributed by atoms with E-state index in [-0.39, 0.29) is 12.0 Å². The first kappa shape index (κ1) is 16.2. The molecule has 0 saturated carbocycles. The van der Waals surface area contributed by atoms with Gasteiger partial charge in [0.15, 0.2) is 0 Å². The fraction of sp³-hybridized carbons (Fsp3) is 0.706. The van der Waals surface area contributed by atoms with Crippen LogP contribution in [0, 0.1) is 12.8 Å². The number of likely N-dealkylation sites (tertiary alicyclic amines) is 1. The van der Waals surface area contributed by atoms with Gasteiger partial charge in [0, 0.05) is 31.9 Å². The molecule has 0 bridgehead atoms. The van der Waals surface area contributed by atoms with Gasteiger partial charge in [0.25, 0.3) is 5.91 Å². The first-order valence-corrected chi connectivity index (χ1v) is 8.62. The molecule has 1 aromatic rings.